The van der Waals surface area contributed by atoms with Crippen molar-refractivity contribution in [2.24, 2.45) is 23.7 Å². The van der Waals surface area contributed by atoms with Crippen LogP contribution in [0.2, 0.25) is 0 Å². The quantitative estimate of drug-likeness (QED) is 0.0769. The number of hydrogen-bond acceptors (Lipinski definition) is 8. The second kappa shape index (κ2) is 17.4. The Morgan fingerprint density at radius 2 is 0.677 bits per heavy atom. The molecular weight excluding hydrogens is 1050 g/mol. The molecule has 5 aromatic carbocycles. The number of imide groups is 2. The molecule has 14 heteroatoms. The van der Waals surface area contributed by atoms with Gasteiger partial charge in [-0.15, -0.1) is 0 Å². The van der Waals surface area contributed by atoms with Gasteiger partial charge in [-0.1, -0.05) is 100 Å². The summed E-state index contributed by atoms with van der Waals surface area (Å²) in [5.74, 6) is -0.859. The van der Waals surface area contributed by atoms with Gasteiger partial charge in [-0.05, 0) is 98.5 Å². The Bertz CT molecular complexity index is 2390. The fraction of sp³-hybridized carbons (Fsp3) is 0.250. The Balaban J connectivity index is 0.806. The van der Waals surface area contributed by atoms with Crippen molar-refractivity contribution in [1.29, 1.82) is 0 Å². The molecule has 2 aliphatic carbocycles. The summed E-state index contributed by atoms with van der Waals surface area (Å²) >= 11 is 14.5. The first-order valence-electron chi connectivity index (χ1n) is 20.1. The molecule has 2 aliphatic heterocycles. The number of amides is 4. The second-order valence-corrected chi connectivity index (χ2v) is 20.6. The van der Waals surface area contributed by atoms with Crippen LogP contribution in [0.3, 0.4) is 0 Å². The summed E-state index contributed by atoms with van der Waals surface area (Å²) < 4.78 is 12.1. The first-order valence-corrected chi connectivity index (χ1v) is 23.8. The highest BCUT2D eigenvalue weighted by atomic mass is 79.9. The van der Waals surface area contributed by atoms with Gasteiger partial charge < -0.3 is 9.47 Å². The van der Waals surface area contributed by atoms with Crippen LogP contribution in [0.5, 0.6) is 23.0 Å². The van der Waals surface area contributed by atoms with Crippen LogP contribution >= 0.6 is 63.7 Å². The van der Waals surface area contributed by atoms with Gasteiger partial charge >= 0.3 is 0 Å². The molecule has 9 rings (SSSR count). The van der Waals surface area contributed by atoms with E-state index in [1.807, 2.05) is 0 Å². The van der Waals surface area contributed by atoms with E-state index >= 15 is 0 Å². The molecule has 2 heterocycles. The Labute approximate surface area is 390 Å². The van der Waals surface area contributed by atoms with E-state index in [1.165, 1.54) is 9.80 Å². The van der Waals surface area contributed by atoms with E-state index < -0.39 is 0 Å². The van der Waals surface area contributed by atoms with E-state index in [-0.39, 0.29) is 78.2 Å². The van der Waals surface area contributed by atoms with Crippen LogP contribution < -0.4 is 19.3 Å². The lowest BCUT2D eigenvalue weighted by Crippen LogP contribution is -2.34. The molecule has 0 spiro atoms. The van der Waals surface area contributed by atoms with Crippen LogP contribution in [-0.2, 0) is 19.2 Å². The van der Waals surface area contributed by atoms with Gasteiger partial charge in [0.2, 0.25) is 23.6 Å². The maximum atomic E-state index is 13.4. The minimum Gasteiger partial charge on any atom is -0.457 e. The normalized spacial score (nSPS) is 25.7. The highest BCUT2D eigenvalue weighted by Crippen LogP contribution is 2.46. The van der Waals surface area contributed by atoms with E-state index in [2.05, 4.69) is 63.7 Å². The zero-order valence-electron chi connectivity index (χ0n) is 32.7. The monoisotopic (exact) mass is 1080 g/mol. The summed E-state index contributed by atoms with van der Waals surface area (Å²) in [4.78, 5) is 83.1. The summed E-state index contributed by atoms with van der Waals surface area (Å²) in [6, 6.07) is 33.5. The Kier molecular flexibility index (Phi) is 12.0. The van der Waals surface area contributed by atoms with Crippen molar-refractivity contribution < 1.29 is 38.2 Å². The van der Waals surface area contributed by atoms with Gasteiger partial charge in [0.05, 0.1) is 35.0 Å². The molecule has 10 nitrogen and oxygen atoms in total. The zero-order chi connectivity index (χ0) is 43.4. The number of ketones is 2. The molecule has 2 saturated carbocycles. The van der Waals surface area contributed by atoms with Crippen LogP contribution in [0.4, 0.5) is 11.4 Å². The number of ether oxygens (including phenoxy) is 2. The van der Waals surface area contributed by atoms with E-state index in [0.717, 1.165) is 0 Å². The van der Waals surface area contributed by atoms with Crippen molar-refractivity contribution in [2.45, 2.75) is 45.0 Å². The zero-order valence-corrected chi connectivity index (χ0v) is 39.0. The maximum absolute atomic E-state index is 13.4. The van der Waals surface area contributed by atoms with Crippen molar-refractivity contribution in [3.8, 4) is 23.0 Å². The van der Waals surface area contributed by atoms with Crippen molar-refractivity contribution >= 4 is 110 Å². The predicted octanol–water partition coefficient (Wildman–Crippen LogP) is 10.6. The van der Waals surface area contributed by atoms with Crippen LogP contribution in [0.15, 0.2) is 121 Å². The summed E-state index contributed by atoms with van der Waals surface area (Å²) in [7, 11) is 0. The van der Waals surface area contributed by atoms with Crippen molar-refractivity contribution in [2.75, 3.05) is 9.80 Å². The van der Waals surface area contributed by atoms with Gasteiger partial charge in [0.25, 0.3) is 0 Å². The number of nitrogens with zero attached hydrogens (tertiary/aromatic N) is 2. The topological polar surface area (TPSA) is 127 Å². The average Bonchev–Trinajstić information content (AvgIpc) is 3.66. The van der Waals surface area contributed by atoms with Gasteiger partial charge in [0.15, 0.2) is 11.6 Å². The number of rotatable bonds is 10. The van der Waals surface area contributed by atoms with Gasteiger partial charge in [-0.3, -0.25) is 28.8 Å². The van der Waals surface area contributed by atoms with Gasteiger partial charge in [0, 0.05) is 53.7 Å². The molecule has 4 fully saturated rings. The summed E-state index contributed by atoms with van der Waals surface area (Å²) in [6.45, 7) is 0. The van der Waals surface area contributed by atoms with Crippen molar-refractivity contribution in [3.63, 3.8) is 0 Å². The highest BCUT2D eigenvalue weighted by Gasteiger charge is 2.53. The van der Waals surface area contributed by atoms with Crippen LogP contribution in [0.1, 0.15) is 57.5 Å². The lowest BCUT2D eigenvalue weighted by atomic mass is 9.81. The minimum atomic E-state index is -0.357. The number of anilines is 2. The lowest BCUT2D eigenvalue weighted by molar-refractivity contribution is -0.124. The minimum absolute atomic E-state index is 0.117. The summed E-state index contributed by atoms with van der Waals surface area (Å²) in [5, 5.41) is 0. The molecule has 0 bridgehead atoms. The molecule has 0 radical (unpaired) electrons. The standard InChI is InChI=1S/C48H36Br4N2O8/c49-39-21-35-36(22-40(39)50)46(58)53(45(35)57)29-3-1-5-33(19-29)61-31-15-11-27(12-16-31)43(55)25-7-9-26(10-8-25)44(56)28-13-17-32(18-14-28)62-34-6-2-4-30(20-34)54-47(59)37-23-41(51)42(52)24-38(37)48(54)60/h1-20,35-42H,21-24H2/t35?,36?,37?,38?,39-,40-,41-,42-/m0/s1. The van der Waals surface area contributed by atoms with Crippen LogP contribution in [0, 0.1) is 23.7 Å². The molecule has 4 aliphatic rings. The molecule has 8 atom stereocenters. The first kappa shape index (κ1) is 42.5. The van der Waals surface area contributed by atoms with Crippen LogP contribution in [0.25, 0.3) is 0 Å². The summed E-state index contributed by atoms with van der Waals surface area (Å²) in [6.07, 6.45) is 2.35. The average molecular weight is 1090 g/mol. The molecule has 0 N–H and O–H groups in total. The Morgan fingerprint density at radius 1 is 0.403 bits per heavy atom. The number of halogens is 4. The molecule has 2 saturated heterocycles. The predicted molar refractivity (Wildman–Crippen MR) is 247 cm³/mol. The van der Waals surface area contributed by atoms with Gasteiger partial charge in [-0.25, -0.2) is 9.80 Å². The van der Waals surface area contributed by atoms with E-state index in [1.54, 1.807) is 121 Å². The largest absolute Gasteiger partial charge is 0.457 e. The molecule has 0 aromatic heterocycles. The molecule has 314 valence electrons. The third-order valence-corrected chi connectivity index (χ3v) is 17.6. The number of carbonyl (C=O) groups excluding carboxylic acids is 6. The third kappa shape index (κ3) is 8.15. The number of hydrogen-bond donors (Lipinski definition) is 0. The van der Waals surface area contributed by atoms with E-state index in [0.29, 0.717) is 82.3 Å². The maximum Gasteiger partial charge on any atom is 0.237 e. The molecular formula is C48H36Br4N2O8. The van der Waals surface area contributed by atoms with Crippen molar-refractivity contribution in [1.82, 2.24) is 0 Å². The molecule has 5 aromatic rings. The molecule has 62 heavy (non-hydrogen) atoms. The van der Waals surface area contributed by atoms with Gasteiger partial charge in [0.1, 0.15) is 23.0 Å². The number of alkyl halides is 4. The van der Waals surface area contributed by atoms with E-state index in [9.17, 15) is 28.8 Å². The first-order chi connectivity index (χ1) is 29.8. The van der Waals surface area contributed by atoms with Crippen molar-refractivity contribution in [3.05, 3.63) is 144 Å². The fourth-order valence-electron chi connectivity index (χ4n) is 8.80. The second-order valence-electron chi connectivity index (χ2n) is 15.9. The third-order valence-electron chi connectivity index (χ3n) is 12.1. The smallest absolute Gasteiger partial charge is 0.237 e. The molecule has 4 unspecified atom stereocenters. The van der Waals surface area contributed by atoms with Gasteiger partial charge in [-0.2, -0.15) is 0 Å². The Morgan fingerprint density at radius 3 is 0.968 bits per heavy atom. The highest BCUT2D eigenvalue weighted by molar-refractivity contribution is 9.12. The summed E-state index contributed by atoms with van der Waals surface area (Å²) in [5.41, 5.74) is 2.57. The fourth-order valence-corrected chi connectivity index (χ4v) is 11.3. The number of fused-ring (bicyclic) bond motifs is 2. The molecule has 4 amide bonds. The lowest BCUT2D eigenvalue weighted by Gasteiger charge is -2.29. The Hall–Kier alpha value is -4.76. The number of carbonyl (C=O) groups is 6. The SMILES string of the molecule is O=C(c1ccc(Oc2cccc(N3C(=O)C4C[C@H](Br)[C@@H](Br)CC4C3=O)c2)cc1)c1ccc(C(=O)c2ccc(Oc3cccc(N4C(=O)C5C[C@H](Br)[C@@H](Br)CC5C4=O)c3)cc2)cc1. The number of benzene rings is 5. The van der Waals surface area contributed by atoms with Crippen LogP contribution in [-0.4, -0.2) is 54.5 Å². The van der Waals surface area contributed by atoms with E-state index in [4.69, 9.17) is 9.47 Å².